The van der Waals surface area contributed by atoms with E-state index in [4.69, 9.17) is 5.73 Å². The van der Waals surface area contributed by atoms with E-state index in [1.165, 1.54) is 6.20 Å². The zero-order chi connectivity index (χ0) is 13.9. The average molecular weight is 264 g/mol. The highest BCUT2D eigenvalue weighted by Gasteiger charge is 2.08. The molecule has 0 aliphatic carbocycles. The number of nitrogens with zero attached hydrogens (tertiary/aromatic N) is 2. The van der Waals surface area contributed by atoms with Crippen LogP contribution in [0.4, 0.5) is 11.5 Å². The lowest BCUT2D eigenvalue weighted by Gasteiger charge is -2.05. The summed E-state index contributed by atoms with van der Waals surface area (Å²) in [5.41, 5.74) is 7.23. The second-order valence-corrected chi connectivity index (χ2v) is 4.32. The van der Waals surface area contributed by atoms with Crippen LogP contribution < -0.4 is 11.1 Å². The molecule has 20 heavy (non-hydrogen) atoms. The van der Waals surface area contributed by atoms with Gasteiger partial charge in [-0.2, -0.15) is 0 Å². The first-order chi connectivity index (χ1) is 9.72. The molecule has 0 radical (unpaired) electrons. The molecule has 3 aromatic rings. The molecule has 3 N–H and O–H groups in total. The van der Waals surface area contributed by atoms with Crippen molar-refractivity contribution in [1.29, 1.82) is 0 Å². The van der Waals surface area contributed by atoms with Crippen molar-refractivity contribution >= 4 is 28.3 Å². The Labute approximate surface area is 115 Å². The number of nitrogens with two attached hydrogens (primary N) is 1. The van der Waals surface area contributed by atoms with Gasteiger partial charge >= 0.3 is 0 Å². The summed E-state index contributed by atoms with van der Waals surface area (Å²) >= 11 is 0. The number of hydrogen-bond donors (Lipinski definition) is 2. The molecule has 0 aliphatic rings. The number of fused-ring (bicyclic) bond motifs is 1. The summed E-state index contributed by atoms with van der Waals surface area (Å²) in [5, 5.41) is 3.73. The third kappa shape index (κ3) is 2.42. The standard InChI is InChI=1S/C15H12N4O/c16-14-8-6-11(9-17-14)18-15(20)13-7-5-10-3-1-2-4-12(10)19-13/h1-9H,(H2,16,17)(H,18,20). The predicted molar refractivity (Wildman–Crippen MR) is 78.3 cm³/mol. The molecule has 5 heteroatoms. The van der Waals surface area contributed by atoms with Crippen LogP contribution in [0.2, 0.25) is 0 Å². The van der Waals surface area contributed by atoms with Crippen LogP contribution in [0.3, 0.4) is 0 Å². The van der Waals surface area contributed by atoms with Gasteiger partial charge in [0.25, 0.3) is 5.91 Å². The van der Waals surface area contributed by atoms with Crippen molar-refractivity contribution in [2.75, 3.05) is 11.1 Å². The maximum absolute atomic E-state index is 12.1. The molecule has 2 aromatic heterocycles. The number of aromatic nitrogens is 2. The lowest BCUT2D eigenvalue weighted by Crippen LogP contribution is -2.13. The molecular weight excluding hydrogens is 252 g/mol. The summed E-state index contributed by atoms with van der Waals surface area (Å²) in [6.45, 7) is 0. The molecule has 0 saturated heterocycles. The second kappa shape index (κ2) is 4.97. The van der Waals surface area contributed by atoms with Gasteiger partial charge in [0.05, 0.1) is 17.4 Å². The van der Waals surface area contributed by atoms with Gasteiger partial charge in [-0.15, -0.1) is 0 Å². The van der Waals surface area contributed by atoms with E-state index >= 15 is 0 Å². The van der Waals surface area contributed by atoms with Crippen molar-refractivity contribution in [3.05, 3.63) is 60.4 Å². The number of anilines is 2. The highest BCUT2D eigenvalue weighted by atomic mass is 16.1. The molecular formula is C15H12N4O. The summed E-state index contributed by atoms with van der Waals surface area (Å²) < 4.78 is 0. The molecule has 2 heterocycles. The molecule has 1 amide bonds. The monoisotopic (exact) mass is 264 g/mol. The van der Waals surface area contributed by atoms with Crippen LogP contribution in [-0.2, 0) is 0 Å². The van der Waals surface area contributed by atoms with Gasteiger partial charge in [-0.1, -0.05) is 24.3 Å². The molecule has 0 spiro atoms. The summed E-state index contributed by atoms with van der Waals surface area (Å²) in [6, 6.07) is 14.5. The number of amides is 1. The zero-order valence-corrected chi connectivity index (χ0v) is 10.6. The fraction of sp³-hybridized carbons (Fsp3) is 0. The highest BCUT2D eigenvalue weighted by Crippen LogP contribution is 2.13. The number of hydrogen-bond acceptors (Lipinski definition) is 4. The van der Waals surface area contributed by atoms with Gasteiger partial charge in [0.1, 0.15) is 11.5 Å². The smallest absolute Gasteiger partial charge is 0.274 e. The Bertz CT molecular complexity index is 768. The Morgan fingerprint density at radius 1 is 1.05 bits per heavy atom. The first kappa shape index (κ1) is 12.1. The quantitative estimate of drug-likeness (QED) is 0.745. The minimum Gasteiger partial charge on any atom is -0.384 e. The predicted octanol–water partition coefficient (Wildman–Crippen LogP) is 2.46. The normalized spacial score (nSPS) is 10.4. The molecule has 0 fully saturated rings. The Morgan fingerprint density at radius 3 is 2.70 bits per heavy atom. The maximum atomic E-state index is 12.1. The zero-order valence-electron chi connectivity index (χ0n) is 10.6. The van der Waals surface area contributed by atoms with Crippen LogP contribution >= 0.6 is 0 Å². The Balaban J connectivity index is 1.86. The van der Waals surface area contributed by atoms with Gasteiger partial charge in [0.15, 0.2) is 0 Å². The molecule has 98 valence electrons. The molecule has 5 nitrogen and oxygen atoms in total. The minimum absolute atomic E-state index is 0.276. The van der Waals surface area contributed by atoms with Crippen molar-refractivity contribution in [1.82, 2.24) is 9.97 Å². The summed E-state index contributed by atoms with van der Waals surface area (Å²) in [4.78, 5) is 20.4. The molecule has 3 rings (SSSR count). The third-order valence-corrected chi connectivity index (χ3v) is 2.88. The highest BCUT2D eigenvalue weighted by molar-refractivity contribution is 6.04. The van der Waals surface area contributed by atoms with Crippen molar-refractivity contribution in [3.63, 3.8) is 0 Å². The number of carbonyl (C=O) groups excluding carboxylic acids is 1. The minimum atomic E-state index is -0.276. The summed E-state index contributed by atoms with van der Waals surface area (Å²) in [7, 11) is 0. The third-order valence-electron chi connectivity index (χ3n) is 2.88. The molecule has 0 aliphatic heterocycles. The SMILES string of the molecule is Nc1ccc(NC(=O)c2ccc3ccccc3n2)cn1. The van der Waals surface area contributed by atoms with Crippen molar-refractivity contribution < 1.29 is 4.79 Å². The first-order valence-corrected chi connectivity index (χ1v) is 6.11. The second-order valence-electron chi connectivity index (χ2n) is 4.32. The van der Waals surface area contributed by atoms with E-state index in [0.717, 1.165) is 10.9 Å². The summed E-state index contributed by atoms with van der Waals surface area (Å²) in [6.07, 6.45) is 1.51. The van der Waals surface area contributed by atoms with Crippen LogP contribution in [-0.4, -0.2) is 15.9 Å². The van der Waals surface area contributed by atoms with Crippen LogP contribution in [0.1, 0.15) is 10.5 Å². The fourth-order valence-electron chi connectivity index (χ4n) is 1.87. The lowest BCUT2D eigenvalue weighted by atomic mass is 10.2. The number of nitrogen functional groups attached to an aromatic ring is 1. The number of para-hydroxylation sites is 1. The number of carbonyl (C=O) groups is 1. The van der Waals surface area contributed by atoms with Gasteiger partial charge in [0, 0.05) is 5.39 Å². The Hall–Kier alpha value is -2.95. The van der Waals surface area contributed by atoms with Crippen molar-refractivity contribution in [2.24, 2.45) is 0 Å². The summed E-state index contributed by atoms with van der Waals surface area (Å²) in [5.74, 6) is 0.133. The van der Waals surface area contributed by atoms with Gasteiger partial charge < -0.3 is 11.1 Å². The van der Waals surface area contributed by atoms with Crippen LogP contribution in [0, 0.1) is 0 Å². The fourth-order valence-corrected chi connectivity index (χ4v) is 1.87. The molecule has 0 atom stereocenters. The van der Waals surface area contributed by atoms with Gasteiger partial charge in [0.2, 0.25) is 0 Å². The Morgan fingerprint density at radius 2 is 1.90 bits per heavy atom. The van der Waals surface area contributed by atoms with E-state index < -0.39 is 0 Å². The van der Waals surface area contributed by atoms with Crippen molar-refractivity contribution in [2.45, 2.75) is 0 Å². The lowest BCUT2D eigenvalue weighted by molar-refractivity contribution is 0.102. The van der Waals surface area contributed by atoms with Gasteiger partial charge in [-0.05, 0) is 24.3 Å². The first-order valence-electron chi connectivity index (χ1n) is 6.11. The van der Waals surface area contributed by atoms with Crippen LogP contribution in [0.5, 0.6) is 0 Å². The molecule has 1 aromatic carbocycles. The van der Waals surface area contributed by atoms with E-state index in [1.807, 2.05) is 30.3 Å². The molecule has 0 saturated carbocycles. The van der Waals surface area contributed by atoms with Gasteiger partial charge in [-0.25, -0.2) is 9.97 Å². The number of rotatable bonds is 2. The van der Waals surface area contributed by atoms with E-state index in [1.54, 1.807) is 18.2 Å². The number of benzene rings is 1. The molecule has 0 unspecified atom stereocenters. The van der Waals surface area contributed by atoms with E-state index in [-0.39, 0.29) is 5.91 Å². The number of nitrogens with one attached hydrogen (secondary N) is 1. The maximum Gasteiger partial charge on any atom is 0.274 e. The van der Waals surface area contributed by atoms with E-state index in [2.05, 4.69) is 15.3 Å². The largest absolute Gasteiger partial charge is 0.384 e. The van der Waals surface area contributed by atoms with Crippen LogP contribution in [0.15, 0.2) is 54.7 Å². The van der Waals surface area contributed by atoms with E-state index in [9.17, 15) is 4.79 Å². The van der Waals surface area contributed by atoms with Crippen LogP contribution in [0.25, 0.3) is 10.9 Å². The van der Waals surface area contributed by atoms with Gasteiger partial charge in [-0.3, -0.25) is 4.79 Å². The Kier molecular flexibility index (Phi) is 3.01. The topological polar surface area (TPSA) is 80.9 Å². The van der Waals surface area contributed by atoms with E-state index in [0.29, 0.717) is 17.2 Å². The van der Waals surface area contributed by atoms with Crippen molar-refractivity contribution in [3.8, 4) is 0 Å². The molecule has 0 bridgehead atoms. The number of pyridine rings is 2. The average Bonchev–Trinajstić information content (AvgIpc) is 2.49.